The number of carbonyl (C=O) groups excluding carboxylic acids is 1. The third kappa shape index (κ3) is 3.44. The van der Waals surface area contributed by atoms with Crippen molar-refractivity contribution >= 4 is 33.2 Å². The molecule has 3 rings (SSSR count). The molecule has 1 aliphatic rings. The van der Waals surface area contributed by atoms with Crippen LogP contribution in [-0.4, -0.2) is 26.9 Å². The highest BCUT2D eigenvalue weighted by atomic mass is 35.5. The van der Waals surface area contributed by atoms with Crippen LogP contribution in [0.25, 0.3) is 0 Å². The van der Waals surface area contributed by atoms with Gasteiger partial charge in [-0.05, 0) is 67.8 Å². The summed E-state index contributed by atoms with van der Waals surface area (Å²) in [4.78, 5) is 12.4. The fourth-order valence-corrected chi connectivity index (χ4v) is 4.99. The lowest BCUT2D eigenvalue weighted by Crippen LogP contribution is -2.35. The Morgan fingerprint density at radius 2 is 1.92 bits per heavy atom. The van der Waals surface area contributed by atoms with Crippen LogP contribution in [0.1, 0.15) is 36.2 Å². The largest absolute Gasteiger partial charge is 0.352 e. The molecule has 1 N–H and O–H groups in total. The summed E-state index contributed by atoms with van der Waals surface area (Å²) in [6.07, 6.45) is 1.43. The van der Waals surface area contributed by atoms with E-state index in [1.54, 1.807) is 30.3 Å². The number of nitrogens with zero attached hydrogens (tertiary/aromatic N) is 1. The van der Waals surface area contributed by atoms with Gasteiger partial charge < -0.3 is 5.32 Å². The van der Waals surface area contributed by atoms with Gasteiger partial charge in [-0.2, -0.15) is 0 Å². The molecule has 1 heterocycles. The van der Waals surface area contributed by atoms with Gasteiger partial charge in [-0.15, -0.1) is 0 Å². The van der Waals surface area contributed by atoms with Crippen LogP contribution in [0, 0.1) is 0 Å². The number of carbonyl (C=O) groups is 1. The Balaban J connectivity index is 1.95. The molecular weight excluding hydrogens is 372 g/mol. The summed E-state index contributed by atoms with van der Waals surface area (Å²) in [5.74, 6) is -0.138. The van der Waals surface area contributed by atoms with Gasteiger partial charge in [0.15, 0.2) is 0 Å². The normalized spacial score (nSPS) is 16.4. The number of hydrogen-bond donors (Lipinski definition) is 1. The number of rotatable bonds is 5. The summed E-state index contributed by atoms with van der Waals surface area (Å²) < 4.78 is 27.6. The van der Waals surface area contributed by atoms with Crippen LogP contribution in [0.5, 0.6) is 0 Å². The number of amides is 1. The van der Waals surface area contributed by atoms with Gasteiger partial charge in [0.2, 0.25) is 0 Å². The second kappa shape index (κ2) is 7.29. The number of benzene rings is 2. The van der Waals surface area contributed by atoms with Crippen LogP contribution in [0.3, 0.4) is 0 Å². The molecule has 0 saturated heterocycles. The van der Waals surface area contributed by atoms with E-state index in [9.17, 15) is 13.2 Å². The molecule has 0 unspecified atom stereocenters. The zero-order chi connectivity index (χ0) is 18.9. The number of sulfonamides is 1. The quantitative estimate of drug-likeness (QED) is 0.845. The van der Waals surface area contributed by atoms with E-state index in [1.807, 2.05) is 13.8 Å². The summed E-state index contributed by atoms with van der Waals surface area (Å²) >= 11 is 5.87. The molecule has 0 spiro atoms. The van der Waals surface area contributed by atoms with E-state index in [-0.39, 0.29) is 16.8 Å². The number of hydrogen-bond acceptors (Lipinski definition) is 3. The van der Waals surface area contributed by atoms with Crippen molar-refractivity contribution in [3.8, 4) is 0 Å². The first-order valence-corrected chi connectivity index (χ1v) is 10.4. The molecule has 0 radical (unpaired) electrons. The van der Waals surface area contributed by atoms with Gasteiger partial charge in [0.25, 0.3) is 15.9 Å². The first-order chi connectivity index (χ1) is 12.3. The molecule has 2 aromatic rings. The van der Waals surface area contributed by atoms with Gasteiger partial charge in [0.05, 0.1) is 10.6 Å². The Morgan fingerprint density at radius 3 is 2.58 bits per heavy atom. The third-order valence-electron chi connectivity index (χ3n) is 4.40. The van der Waals surface area contributed by atoms with Crippen molar-refractivity contribution in [1.29, 1.82) is 0 Å². The van der Waals surface area contributed by atoms with E-state index >= 15 is 0 Å². The fourth-order valence-electron chi connectivity index (χ4n) is 3.17. The van der Waals surface area contributed by atoms with Crippen LogP contribution in [0.2, 0.25) is 5.02 Å². The Hall–Kier alpha value is -2.05. The lowest BCUT2D eigenvalue weighted by atomic mass is 10.1. The van der Waals surface area contributed by atoms with Crippen molar-refractivity contribution in [3.63, 3.8) is 0 Å². The monoisotopic (exact) mass is 392 g/mol. The highest BCUT2D eigenvalue weighted by Gasteiger charge is 2.36. The summed E-state index contributed by atoms with van der Waals surface area (Å²) in [7, 11) is -3.69. The van der Waals surface area contributed by atoms with Gasteiger partial charge in [0.1, 0.15) is 0 Å². The molecule has 1 atom stereocenters. The number of nitrogens with one attached hydrogen (secondary N) is 1. The summed E-state index contributed by atoms with van der Waals surface area (Å²) in [5.41, 5.74) is 2.04. The lowest BCUT2D eigenvalue weighted by Gasteiger charge is -2.24. The van der Waals surface area contributed by atoms with Gasteiger partial charge in [-0.1, -0.05) is 18.5 Å². The van der Waals surface area contributed by atoms with Crippen molar-refractivity contribution in [3.05, 3.63) is 58.6 Å². The van der Waals surface area contributed by atoms with Crippen molar-refractivity contribution in [2.45, 2.75) is 37.6 Å². The first kappa shape index (κ1) is 18.7. The molecule has 1 aliphatic heterocycles. The van der Waals surface area contributed by atoms with Crippen LogP contribution < -0.4 is 9.62 Å². The fraction of sp³-hybridized carbons (Fsp3) is 0.316. The maximum absolute atomic E-state index is 13.1. The van der Waals surface area contributed by atoms with Gasteiger partial charge in [-0.25, -0.2) is 8.42 Å². The molecule has 1 amide bonds. The number of halogens is 1. The molecule has 0 aliphatic carbocycles. The molecule has 5 nitrogen and oxygen atoms in total. The van der Waals surface area contributed by atoms with Crippen LogP contribution in [0.15, 0.2) is 47.4 Å². The molecule has 0 bridgehead atoms. The molecule has 138 valence electrons. The predicted molar refractivity (Wildman–Crippen MR) is 103 cm³/mol. The van der Waals surface area contributed by atoms with E-state index in [4.69, 9.17) is 11.6 Å². The smallest absolute Gasteiger partial charge is 0.264 e. The van der Waals surface area contributed by atoms with E-state index in [2.05, 4.69) is 5.32 Å². The highest BCUT2D eigenvalue weighted by molar-refractivity contribution is 7.92. The topological polar surface area (TPSA) is 66.5 Å². The van der Waals surface area contributed by atoms with Gasteiger partial charge >= 0.3 is 0 Å². The second-order valence-electron chi connectivity index (χ2n) is 6.41. The van der Waals surface area contributed by atoms with E-state index in [1.165, 1.54) is 16.4 Å². The minimum Gasteiger partial charge on any atom is -0.352 e. The van der Waals surface area contributed by atoms with Crippen LogP contribution >= 0.6 is 11.6 Å². The van der Waals surface area contributed by atoms with E-state index in [0.29, 0.717) is 29.2 Å². The number of fused-ring (bicyclic) bond motifs is 1. The summed E-state index contributed by atoms with van der Waals surface area (Å²) in [6, 6.07) is 11.1. The molecule has 2 aromatic carbocycles. The Bertz CT molecular complexity index is 926. The van der Waals surface area contributed by atoms with Crippen molar-refractivity contribution < 1.29 is 13.2 Å². The minimum absolute atomic E-state index is 0.138. The van der Waals surface area contributed by atoms with Crippen LogP contribution in [0.4, 0.5) is 5.69 Å². The van der Waals surface area contributed by atoms with E-state index in [0.717, 1.165) is 12.0 Å². The van der Waals surface area contributed by atoms with Gasteiger partial charge in [0, 0.05) is 23.2 Å². The standard InChI is InChI=1S/C19H21ClN2O3S/c1-3-10-21-19(23)14-4-9-18-15(12-14)11-13(2)22(18)26(24,25)17-7-5-16(20)6-8-17/h4-9,12-13H,3,10-11H2,1-2H3,(H,21,23)/t13-/m0/s1. The van der Waals surface area contributed by atoms with Crippen molar-refractivity contribution in [1.82, 2.24) is 5.32 Å². The maximum atomic E-state index is 13.1. The second-order valence-corrected chi connectivity index (χ2v) is 8.66. The Morgan fingerprint density at radius 1 is 1.23 bits per heavy atom. The zero-order valence-corrected chi connectivity index (χ0v) is 16.3. The van der Waals surface area contributed by atoms with E-state index < -0.39 is 10.0 Å². The van der Waals surface area contributed by atoms with Crippen molar-refractivity contribution in [2.24, 2.45) is 0 Å². The summed E-state index contributed by atoms with van der Waals surface area (Å²) in [5, 5.41) is 3.33. The molecule has 0 fully saturated rings. The zero-order valence-electron chi connectivity index (χ0n) is 14.7. The SMILES string of the molecule is CCCNC(=O)c1ccc2c(c1)C[C@H](C)N2S(=O)(=O)c1ccc(Cl)cc1. The molecule has 0 saturated carbocycles. The highest BCUT2D eigenvalue weighted by Crippen LogP contribution is 2.37. The van der Waals surface area contributed by atoms with Gasteiger partial charge in [-0.3, -0.25) is 9.10 Å². The van der Waals surface area contributed by atoms with Crippen molar-refractivity contribution in [2.75, 3.05) is 10.8 Å². The first-order valence-electron chi connectivity index (χ1n) is 8.55. The molecule has 7 heteroatoms. The summed E-state index contributed by atoms with van der Waals surface area (Å²) in [6.45, 7) is 4.47. The molecule has 26 heavy (non-hydrogen) atoms. The maximum Gasteiger partial charge on any atom is 0.264 e. The lowest BCUT2D eigenvalue weighted by molar-refractivity contribution is 0.0953. The van der Waals surface area contributed by atoms with Crippen LogP contribution in [-0.2, 0) is 16.4 Å². The average Bonchev–Trinajstić information content (AvgIpc) is 2.95. The minimum atomic E-state index is -3.69. The Kier molecular flexibility index (Phi) is 5.25. The third-order valence-corrected chi connectivity index (χ3v) is 6.60. The number of anilines is 1. The average molecular weight is 393 g/mol. The molecular formula is C19H21ClN2O3S. The Labute approximate surface area is 159 Å². The predicted octanol–water partition coefficient (Wildman–Crippen LogP) is 3.62. The molecule has 0 aromatic heterocycles.